The zero-order chi connectivity index (χ0) is 23.1. The Hall–Kier alpha value is -3.06. The van der Waals surface area contributed by atoms with E-state index < -0.39 is 0 Å². The lowest BCUT2D eigenvalue weighted by atomic mass is 9.95. The number of nitrogens with one attached hydrogen (secondary N) is 1. The van der Waals surface area contributed by atoms with Crippen LogP contribution in [0.1, 0.15) is 63.3 Å². The van der Waals surface area contributed by atoms with E-state index in [9.17, 15) is 0 Å². The smallest absolute Gasteiger partial charge is 0.121 e. The molecule has 0 aliphatic carbocycles. The summed E-state index contributed by atoms with van der Waals surface area (Å²) in [4.78, 5) is 11.7. The van der Waals surface area contributed by atoms with Crippen molar-refractivity contribution in [2.24, 2.45) is 9.98 Å². The van der Waals surface area contributed by atoms with Gasteiger partial charge >= 0.3 is 0 Å². The molecule has 2 atom stereocenters. The van der Waals surface area contributed by atoms with Crippen LogP contribution in [0.5, 0.6) is 0 Å². The third kappa shape index (κ3) is 6.46. The van der Waals surface area contributed by atoms with Crippen LogP contribution in [0.15, 0.2) is 64.4 Å². The van der Waals surface area contributed by atoms with Crippen LogP contribution in [-0.2, 0) is 0 Å². The third-order valence-corrected chi connectivity index (χ3v) is 5.40. The standard InChI is InChI=1S/C27H36N4/c1-10-12-25(24-14-13-23(11-2)15-19(24)5)29-21(7)26-16-27(18(3)4)31(9)17-20(6)28-22(8)30-26/h2,13-16,20,25,29H,3,7,10,12,17H2,1,4-6,8-9H3/b27-16-,28-22?,30-26?/t20?,25-/m0/s1. The highest BCUT2D eigenvalue weighted by Crippen LogP contribution is 2.25. The Bertz CT molecular complexity index is 971. The number of rotatable bonds is 7. The molecule has 0 aromatic heterocycles. The van der Waals surface area contributed by atoms with Gasteiger partial charge in [-0.2, -0.15) is 0 Å². The minimum Gasteiger partial charge on any atom is -0.377 e. The predicted octanol–water partition coefficient (Wildman–Crippen LogP) is 5.57. The molecule has 1 heterocycles. The first-order valence-electron chi connectivity index (χ1n) is 10.9. The van der Waals surface area contributed by atoms with Gasteiger partial charge in [0.15, 0.2) is 0 Å². The van der Waals surface area contributed by atoms with Gasteiger partial charge in [0.2, 0.25) is 0 Å². The van der Waals surface area contributed by atoms with Crippen molar-refractivity contribution in [1.29, 1.82) is 0 Å². The lowest BCUT2D eigenvalue weighted by Crippen LogP contribution is -2.28. The zero-order valence-corrected chi connectivity index (χ0v) is 19.9. The molecule has 0 radical (unpaired) electrons. The molecule has 0 fully saturated rings. The Morgan fingerprint density at radius 3 is 2.65 bits per heavy atom. The Balaban J connectivity index is 2.44. The quantitative estimate of drug-likeness (QED) is 0.590. The average molecular weight is 417 g/mol. The predicted molar refractivity (Wildman–Crippen MR) is 135 cm³/mol. The van der Waals surface area contributed by atoms with E-state index in [2.05, 4.69) is 75.3 Å². The van der Waals surface area contributed by atoms with Crippen LogP contribution in [0, 0.1) is 19.3 Å². The van der Waals surface area contributed by atoms with Crippen LogP contribution in [-0.4, -0.2) is 36.1 Å². The molecule has 0 saturated heterocycles. The summed E-state index contributed by atoms with van der Waals surface area (Å²) in [5.41, 5.74) is 6.88. The first-order chi connectivity index (χ1) is 14.7. The van der Waals surface area contributed by atoms with E-state index in [1.165, 1.54) is 11.1 Å². The van der Waals surface area contributed by atoms with Crippen molar-refractivity contribution in [3.8, 4) is 12.3 Å². The fourth-order valence-corrected chi connectivity index (χ4v) is 3.97. The molecule has 0 amide bonds. The second-order valence-electron chi connectivity index (χ2n) is 8.39. The third-order valence-electron chi connectivity index (χ3n) is 5.40. The van der Waals surface area contributed by atoms with E-state index in [1.54, 1.807) is 0 Å². The van der Waals surface area contributed by atoms with Gasteiger partial charge in [0.1, 0.15) is 5.84 Å². The molecule has 1 aliphatic heterocycles. The van der Waals surface area contributed by atoms with Gasteiger partial charge in [-0.05, 0) is 69.0 Å². The largest absolute Gasteiger partial charge is 0.377 e. The van der Waals surface area contributed by atoms with Gasteiger partial charge in [-0.1, -0.05) is 38.5 Å². The molecule has 0 bridgehead atoms. The first-order valence-corrected chi connectivity index (χ1v) is 10.9. The average Bonchev–Trinajstić information content (AvgIpc) is 2.74. The minimum absolute atomic E-state index is 0.121. The summed E-state index contributed by atoms with van der Waals surface area (Å²) < 4.78 is 0. The summed E-state index contributed by atoms with van der Waals surface area (Å²) in [6.07, 6.45) is 9.65. The molecular weight excluding hydrogens is 380 g/mol. The van der Waals surface area contributed by atoms with Gasteiger partial charge < -0.3 is 10.2 Å². The Labute approximate surface area is 188 Å². The van der Waals surface area contributed by atoms with Gasteiger partial charge in [-0.25, -0.2) is 4.99 Å². The van der Waals surface area contributed by atoms with Gasteiger partial charge in [0, 0.05) is 24.9 Å². The van der Waals surface area contributed by atoms with Crippen molar-refractivity contribution in [2.45, 2.75) is 59.5 Å². The second-order valence-corrected chi connectivity index (χ2v) is 8.39. The van der Waals surface area contributed by atoms with E-state index in [-0.39, 0.29) is 12.1 Å². The van der Waals surface area contributed by atoms with E-state index in [1.807, 2.05) is 19.9 Å². The molecule has 2 rings (SSSR count). The van der Waals surface area contributed by atoms with Gasteiger partial charge in [0.05, 0.1) is 23.5 Å². The molecule has 1 aromatic carbocycles. The number of hydrogen-bond acceptors (Lipinski definition) is 4. The van der Waals surface area contributed by atoms with Gasteiger partial charge in [-0.3, -0.25) is 4.99 Å². The lowest BCUT2D eigenvalue weighted by Gasteiger charge is -2.26. The minimum atomic E-state index is 0.121. The molecule has 1 unspecified atom stereocenters. The van der Waals surface area contributed by atoms with E-state index in [0.717, 1.165) is 53.5 Å². The van der Waals surface area contributed by atoms with Crippen LogP contribution < -0.4 is 5.32 Å². The van der Waals surface area contributed by atoms with Crippen molar-refractivity contribution < 1.29 is 0 Å². The first kappa shape index (κ1) is 24.2. The number of nitrogens with zero attached hydrogens (tertiary/aromatic N) is 3. The van der Waals surface area contributed by atoms with Crippen LogP contribution in [0.25, 0.3) is 0 Å². The number of amidine groups is 1. The van der Waals surface area contributed by atoms with Gasteiger partial charge in [0.25, 0.3) is 0 Å². The van der Waals surface area contributed by atoms with Crippen LogP contribution in [0.4, 0.5) is 0 Å². The fourth-order valence-electron chi connectivity index (χ4n) is 3.97. The number of allylic oxidation sites excluding steroid dienone is 2. The van der Waals surface area contributed by atoms with Crippen LogP contribution in [0.2, 0.25) is 0 Å². The Kier molecular flexibility index (Phi) is 8.45. The molecule has 4 heteroatoms. The summed E-state index contributed by atoms with van der Waals surface area (Å²) >= 11 is 0. The van der Waals surface area contributed by atoms with Crippen molar-refractivity contribution in [2.75, 3.05) is 13.6 Å². The lowest BCUT2D eigenvalue weighted by molar-refractivity contribution is 0.399. The molecule has 31 heavy (non-hydrogen) atoms. The Morgan fingerprint density at radius 2 is 2.06 bits per heavy atom. The maximum absolute atomic E-state index is 5.57. The maximum atomic E-state index is 5.57. The summed E-state index contributed by atoms with van der Waals surface area (Å²) in [6, 6.07) is 6.44. The van der Waals surface area contributed by atoms with Crippen molar-refractivity contribution >= 4 is 11.5 Å². The highest BCUT2D eigenvalue weighted by atomic mass is 15.1. The molecule has 1 aliphatic rings. The van der Waals surface area contributed by atoms with Gasteiger partial charge in [-0.15, -0.1) is 6.42 Å². The van der Waals surface area contributed by atoms with Crippen molar-refractivity contribution in [3.05, 3.63) is 71.1 Å². The maximum Gasteiger partial charge on any atom is 0.121 e. The molecule has 4 nitrogen and oxygen atoms in total. The van der Waals surface area contributed by atoms with Crippen LogP contribution in [0.3, 0.4) is 0 Å². The van der Waals surface area contributed by atoms with Crippen LogP contribution >= 0.6 is 0 Å². The second kappa shape index (κ2) is 10.8. The Morgan fingerprint density at radius 1 is 1.35 bits per heavy atom. The SMILES string of the molecule is C#Cc1ccc([C@H](CCC)NC(=C)C2=NC(C)=NC(C)CN(C)/C(C(=C)C)=C\2)c(C)c1. The van der Waals surface area contributed by atoms with E-state index in [4.69, 9.17) is 16.4 Å². The van der Waals surface area contributed by atoms with E-state index >= 15 is 0 Å². The number of likely N-dealkylation sites (N-methyl/N-ethyl adjacent to an activating group) is 1. The number of aliphatic imine (C=N–C) groups is 2. The summed E-state index contributed by atoms with van der Waals surface area (Å²) in [6.45, 7) is 19.7. The molecule has 1 aromatic rings. The summed E-state index contributed by atoms with van der Waals surface area (Å²) in [5, 5.41) is 3.63. The summed E-state index contributed by atoms with van der Waals surface area (Å²) in [7, 11) is 2.07. The monoisotopic (exact) mass is 416 g/mol. The normalized spacial score (nSPS) is 19.5. The molecule has 0 spiro atoms. The highest BCUT2D eigenvalue weighted by molar-refractivity contribution is 6.13. The molecule has 1 N–H and O–H groups in total. The number of hydrogen-bond donors (Lipinski definition) is 1. The topological polar surface area (TPSA) is 40.0 Å². The summed E-state index contributed by atoms with van der Waals surface area (Å²) in [5.74, 6) is 3.46. The number of benzene rings is 1. The number of terminal acetylenes is 1. The highest BCUT2D eigenvalue weighted by Gasteiger charge is 2.18. The molecule has 164 valence electrons. The molecular formula is C27H36N4. The molecule has 0 saturated carbocycles. The number of aryl methyl sites for hydroxylation is 1. The van der Waals surface area contributed by atoms with E-state index in [0.29, 0.717) is 0 Å². The van der Waals surface area contributed by atoms with Crippen molar-refractivity contribution in [1.82, 2.24) is 10.2 Å². The van der Waals surface area contributed by atoms with Crippen molar-refractivity contribution in [3.63, 3.8) is 0 Å². The fraction of sp³-hybridized carbons (Fsp3) is 0.407. The zero-order valence-electron chi connectivity index (χ0n) is 19.9.